The summed E-state index contributed by atoms with van der Waals surface area (Å²) in [4.78, 5) is 7.90. The summed E-state index contributed by atoms with van der Waals surface area (Å²) in [5.41, 5.74) is 1.54. The number of hydrogen-bond donors (Lipinski definition) is 0. The highest BCUT2D eigenvalue weighted by molar-refractivity contribution is 5.71. The van der Waals surface area contributed by atoms with E-state index < -0.39 is 11.6 Å². The van der Waals surface area contributed by atoms with Crippen molar-refractivity contribution in [3.63, 3.8) is 0 Å². The molecule has 0 fully saturated rings. The van der Waals surface area contributed by atoms with Gasteiger partial charge in [0, 0.05) is 31.2 Å². The molecule has 2 aromatic heterocycles. The lowest BCUT2D eigenvalue weighted by Crippen LogP contribution is -1.94. The average Bonchev–Trinajstić information content (AvgIpc) is 2.74. The number of aromatic nitrogens is 4. The van der Waals surface area contributed by atoms with Gasteiger partial charge in [0.05, 0.1) is 5.56 Å². The van der Waals surface area contributed by atoms with Crippen molar-refractivity contribution >= 4 is 0 Å². The summed E-state index contributed by atoms with van der Waals surface area (Å²) in [7, 11) is 1.72. The summed E-state index contributed by atoms with van der Waals surface area (Å²) < 4.78 is 34.1. The Kier molecular flexibility index (Phi) is 3.54. The Morgan fingerprint density at radius 3 is 2.32 bits per heavy atom. The molecule has 3 aromatic rings. The summed E-state index contributed by atoms with van der Waals surface area (Å²) in [6.07, 6.45) is 3.05. The highest BCUT2D eigenvalue weighted by Crippen LogP contribution is 2.34. The van der Waals surface area contributed by atoms with Gasteiger partial charge in [-0.05, 0) is 30.7 Å². The van der Waals surface area contributed by atoms with Crippen molar-refractivity contribution in [2.45, 2.75) is 6.92 Å². The second-order valence-electron chi connectivity index (χ2n) is 4.68. The van der Waals surface area contributed by atoms with E-state index in [0.29, 0.717) is 16.8 Å². The summed E-state index contributed by atoms with van der Waals surface area (Å²) in [6, 6.07) is 5.03. The molecular formula is C15H12F2N4O. The smallest absolute Gasteiger partial charge is 0.323 e. The number of ether oxygens (including phenoxy) is 1. The predicted octanol–water partition coefficient (Wildman–Crippen LogP) is 3.26. The van der Waals surface area contributed by atoms with Gasteiger partial charge in [-0.15, -0.1) is 5.10 Å². The molecule has 0 saturated carbocycles. The molecule has 112 valence electrons. The number of nitrogens with zero attached hydrogens (tertiary/aromatic N) is 4. The molecule has 22 heavy (non-hydrogen) atoms. The first kappa shape index (κ1) is 14.1. The summed E-state index contributed by atoms with van der Waals surface area (Å²) in [5.74, 6) is -1.14. The second-order valence-corrected chi connectivity index (χ2v) is 4.68. The van der Waals surface area contributed by atoms with Gasteiger partial charge in [-0.2, -0.15) is 0 Å². The van der Waals surface area contributed by atoms with Gasteiger partial charge in [0.2, 0.25) is 5.88 Å². The molecule has 5 nitrogen and oxygen atoms in total. The fourth-order valence-electron chi connectivity index (χ4n) is 2.10. The van der Waals surface area contributed by atoms with Crippen molar-refractivity contribution in [2.75, 3.05) is 0 Å². The first-order valence-corrected chi connectivity index (χ1v) is 6.49. The fraction of sp³-hybridized carbons (Fsp3) is 0.133. The largest absolute Gasteiger partial charge is 0.403 e. The van der Waals surface area contributed by atoms with Gasteiger partial charge in [0.25, 0.3) is 0 Å². The molecule has 0 spiro atoms. The zero-order valence-corrected chi connectivity index (χ0v) is 11.9. The highest BCUT2D eigenvalue weighted by atomic mass is 19.1. The zero-order valence-electron chi connectivity index (χ0n) is 11.9. The van der Waals surface area contributed by atoms with Gasteiger partial charge in [0.15, 0.2) is 0 Å². The fourth-order valence-corrected chi connectivity index (χ4v) is 2.10. The summed E-state index contributed by atoms with van der Waals surface area (Å²) >= 11 is 0. The standard InChI is InChI=1S/C15H12F2N4O/c1-9-13(10-6-11(16)8-12(17)7-10)14(20-21(9)2)22-15-18-4-3-5-19-15/h3-8H,1-2H3. The first-order valence-electron chi connectivity index (χ1n) is 6.49. The Hall–Kier alpha value is -2.83. The molecule has 0 bridgehead atoms. The third kappa shape index (κ3) is 2.65. The van der Waals surface area contributed by atoms with Crippen molar-refractivity contribution in [3.05, 3.63) is 54.0 Å². The van der Waals surface area contributed by atoms with Crippen LogP contribution >= 0.6 is 0 Å². The minimum Gasteiger partial charge on any atom is -0.403 e. The van der Waals surface area contributed by atoms with E-state index in [0.717, 1.165) is 6.07 Å². The highest BCUT2D eigenvalue weighted by Gasteiger charge is 2.19. The van der Waals surface area contributed by atoms with Crippen LogP contribution in [0.4, 0.5) is 8.78 Å². The van der Waals surface area contributed by atoms with Crippen molar-refractivity contribution in [1.29, 1.82) is 0 Å². The zero-order chi connectivity index (χ0) is 15.7. The molecule has 0 amide bonds. The van der Waals surface area contributed by atoms with Crippen molar-refractivity contribution < 1.29 is 13.5 Å². The monoisotopic (exact) mass is 302 g/mol. The van der Waals surface area contributed by atoms with E-state index in [1.165, 1.54) is 24.5 Å². The van der Waals surface area contributed by atoms with Gasteiger partial charge < -0.3 is 4.74 Å². The lowest BCUT2D eigenvalue weighted by Gasteiger charge is -2.05. The Bertz CT molecular complexity index is 798. The number of halogens is 2. The Morgan fingerprint density at radius 1 is 1.05 bits per heavy atom. The topological polar surface area (TPSA) is 52.8 Å². The maximum absolute atomic E-state index is 13.5. The number of rotatable bonds is 3. The number of hydrogen-bond acceptors (Lipinski definition) is 4. The summed E-state index contributed by atoms with van der Waals surface area (Å²) in [5, 5.41) is 4.21. The minimum atomic E-state index is -0.667. The van der Waals surface area contributed by atoms with Crippen LogP contribution in [0.25, 0.3) is 11.1 Å². The maximum Gasteiger partial charge on any atom is 0.323 e. The molecule has 0 radical (unpaired) electrons. The van der Waals surface area contributed by atoms with Gasteiger partial charge in [-0.25, -0.2) is 18.7 Å². The Morgan fingerprint density at radius 2 is 1.68 bits per heavy atom. The van der Waals surface area contributed by atoms with Gasteiger partial charge in [-0.3, -0.25) is 4.68 Å². The predicted molar refractivity (Wildman–Crippen MR) is 75.4 cm³/mol. The van der Waals surface area contributed by atoms with Crippen LogP contribution in [-0.4, -0.2) is 19.7 Å². The van der Waals surface area contributed by atoms with Crippen LogP contribution in [0.1, 0.15) is 5.69 Å². The van der Waals surface area contributed by atoms with E-state index in [9.17, 15) is 8.78 Å². The lowest BCUT2D eigenvalue weighted by molar-refractivity contribution is 0.419. The van der Waals surface area contributed by atoms with E-state index in [4.69, 9.17) is 4.74 Å². The van der Waals surface area contributed by atoms with Crippen molar-refractivity contribution in [2.24, 2.45) is 7.05 Å². The number of aryl methyl sites for hydroxylation is 1. The Balaban J connectivity index is 2.10. The molecule has 7 heteroatoms. The third-order valence-corrected chi connectivity index (χ3v) is 3.18. The quantitative estimate of drug-likeness (QED) is 0.745. The molecule has 0 atom stereocenters. The SMILES string of the molecule is Cc1c(-c2cc(F)cc(F)c2)c(Oc2ncccn2)nn1C. The molecule has 2 heterocycles. The van der Waals surface area contributed by atoms with Crippen LogP contribution < -0.4 is 4.74 Å². The van der Waals surface area contributed by atoms with Crippen molar-refractivity contribution in [1.82, 2.24) is 19.7 Å². The van der Waals surface area contributed by atoms with E-state index >= 15 is 0 Å². The Labute approximate surface area is 125 Å². The lowest BCUT2D eigenvalue weighted by atomic mass is 10.1. The van der Waals surface area contributed by atoms with E-state index in [2.05, 4.69) is 15.1 Å². The van der Waals surface area contributed by atoms with Gasteiger partial charge >= 0.3 is 6.01 Å². The van der Waals surface area contributed by atoms with Crippen LogP contribution in [0.3, 0.4) is 0 Å². The third-order valence-electron chi connectivity index (χ3n) is 3.18. The minimum absolute atomic E-state index is 0.110. The van der Waals surface area contributed by atoms with Crippen LogP contribution in [-0.2, 0) is 7.05 Å². The molecule has 0 N–H and O–H groups in total. The van der Waals surface area contributed by atoms with Gasteiger partial charge in [-0.1, -0.05) is 0 Å². The molecule has 0 aliphatic carbocycles. The molecule has 0 aliphatic heterocycles. The number of benzene rings is 1. The molecular weight excluding hydrogens is 290 g/mol. The van der Waals surface area contributed by atoms with Crippen molar-refractivity contribution in [3.8, 4) is 23.0 Å². The normalized spacial score (nSPS) is 10.7. The van der Waals surface area contributed by atoms with E-state index in [-0.39, 0.29) is 11.9 Å². The molecule has 0 unspecified atom stereocenters. The second kappa shape index (κ2) is 5.51. The van der Waals surface area contributed by atoms with Crippen LogP contribution in [0, 0.1) is 18.6 Å². The molecule has 3 rings (SSSR count). The summed E-state index contributed by atoms with van der Waals surface area (Å²) in [6.45, 7) is 1.78. The first-order chi connectivity index (χ1) is 10.5. The van der Waals surface area contributed by atoms with Crippen LogP contribution in [0.2, 0.25) is 0 Å². The van der Waals surface area contributed by atoms with Gasteiger partial charge in [0.1, 0.15) is 11.6 Å². The molecule has 0 saturated heterocycles. The molecule has 1 aromatic carbocycles. The molecule has 0 aliphatic rings. The van der Waals surface area contributed by atoms with E-state index in [1.807, 2.05) is 0 Å². The van der Waals surface area contributed by atoms with Crippen LogP contribution in [0.15, 0.2) is 36.7 Å². The van der Waals surface area contributed by atoms with E-state index in [1.54, 1.807) is 24.7 Å². The maximum atomic E-state index is 13.5. The van der Waals surface area contributed by atoms with Crippen LogP contribution in [0.5, 0.6) is 11.9 Å². The average molecular weight is 302 g/mol.